The SMILES string of the molecule is COc1c(C)cc(C(=O)Cc2ccc(Cl)nc2Cl)cc1C. The van der Waals surface area contributed by atoms with Gasteiger partial charge in [0.15, 0.2) is 5.78 Å². The number of pyridine rings is 1. The Morgan fingerprint density at radius 2 is 1.81 bits per heavy atom. The highest BCUT2D eigenvalue weighted by Crippen LogP contribution is 2.25. The molecule has 0 fully saturated rings. The molecular weight excluding hydrogens is 309 g/mol. The van der Waals surface area contributed by atoms with E-state index >= 15 is 0 Å². The van der Waals surface area contributed by atoms with E-state index in [1.807, 2.05) is 26.0 Å². The highest BCUT2D eigenvalue weighted by atomic mass is 35.5. The van der Waals surface area contributed by atoms with E-state index in [1.54, 1.807) is 19.2 Å². The van der Waals surface area contributed by atoms with Crippen LogP contribution in [-0.2, 0) is 6.42 Å². The standard InChI is InChI=1S/C16H15Cl2NO2/c1-9-6-12(7-10(2)15(9)21-3)13(20)8-11-4-5-14(17)19-16(11)18/h4-7H,8H2,1-3H3. The number of benzene rings is 1. The second-order valence-electron chi connectivity index (χ2n) is 4.83. The van der Waals surface area contributed by atoms with Crippen LogP contribution in [-0.4, -0.2) is 17.9 Å². The molecule has 0 radical (unpaired) electrons. The van der Waals surface area contributed by atoms with E-state index in [0.717, 1.165) is 16.9 Å². The van der Waals surface area contributed by atoms with Gasteiger partial charge >= 0.3 is 0 Å². The van der Waals surface area contributed by atoms with Crippen molar-refractivity contribution in [1.29, 1.82) is 0 Å². The summed E-state index contributed by atoms with van der Waals surface area (Å²) in [5.74, 6) is 0.785. The number of methoxy groups -OCH3 is 1. The van der Waals surface area contributed by atoms with Crippen LogP contribution in [0.25, 0.3) is 0 Å². The summed E-state index contributed by atoms with van der Waals surface area (Å²) in [7, 11) is 1.62. The number of ketones is 1. The van der Waals surface area contributed by atoms with Gasteiger partial charge in [-0.25, -0.2) is 4.98 Å². The van der Waals surface area contributed by atoms with Crippen LogP contribution in [0, 0.1) is 13.8 Å². The lowest BCUT2D eigenvalue weighted by Gasteiger charge is -2.11. The first-order valence-electron chi connectivity index (χ1n) is 6.41. The quantitative estimate of drug-likeness (QED) is 0.616. The smallest absolute Gasteiger partial charge is 0.167 e. The maximum absolute atomic E-state index is 12.4. The second-order valence-corrected chi connectivity index (χ2v) is 5.57. The first-order chi connectivity index (χ1) is 9.92. The van der Waals surface area contributed by atoms with Crippen LogP contribution in [0.5, 0.6) is 5.75 Å². The van der Waals surface area contributed by atoms with Crippen LogP contribution in [0.4, 0.5) is 0 Å². The summed E-state index contributed by atoms with van der Waals surface area (Å²) >= 11 is 11.8. The number of ether oxygens (including phenoxy) is 1. The minimum absolute atomic E-state index is 0.0186. The molecule has 0 bridgehead atoms. The molecule has 0 aliphatic heterocycles. The molecule has 2 rings (SSSR count). The fraction of sp³-hybridized carbons (Fsp3) is 0.250. The topological polar surface area (TPSA) is 39.2 Å². The van der Waals surface area contributed by atoms with Gasteiger partial charge in [0, 0.05) is 12.0 Å². The Morgan fingerprint density at radius 1 is 1.19 bits per heavy atom. The van der Waals surface area contributed by atoms with Crippen molar-refractivity contribution in [3.63, 3.8) is 0 Å². The summed E-state index contributed by atoms with van der Waals surface area (Å²) in [5.41, 5.74) is 3.16. The van der Waals surface area contributed by atoms with Gasteiger partial charge < -0.3 is 4.74 Å². The third-order valence-corrected chi connectivity index (χ3v) is 3.77. The summed E-state index contributed by atoms with van der Waals surface area (Å²) in [5, 5.41) is 0.574. The minimum atomic E-state index is -0.0186. The second kappa shape index (κ2) is 6.46. The van der Waals surface area contributed by atoms with Crippen LogP contribution in [0.2, 0.25) is 10.3 Å². The Bertz CT molecular complexity index is 676. The first kappa shape index (κ1) is 15.8. The van der Waals surface area contributed by atoms with Crippen LogP contribution in [0.3, 0.4) is 0 Å². The maximum Gasteiger partial charge on any atom is 0.167 e. The number of rotatable bonds is 4. The lowest BCUT2D eigenvalue weighted by atomic mass is 9.99. The lowest BCUT2D eigenvalue weighted by molar-refractivity contribution is 0.0992. The van der Waals surface area contributed by atoms with E-state index in [0.29, 0.717) is 16.3 Å². The first-order valence-corrected chi connectivity index (χ1v) is 7.17. The van der Waals surface area contributed by atoms with Crippen molar-refractivity contribution in [3.8, 4) is 5.75 Å². The molecule has 2 aromatic rings. The number of aryl methyl sites for hydroxylation is 2. The molecule has 0 aliphatic rings. The molecule has 1 aromatic carbocycles. The molecule has 3 nitrogen and oxygen atoms in total. The Hall–Kier alpha value is -1.58. The summed E-state index contributed by atoms with van der Waals surface area (Å²) in [6, 6.07) is 7.00. The zero-order valence-corrected chi connectivity index (χ0v) is 13.5. The van der Waals surface area contributed by atoms with E-state index in [-0.39, 0.29) is 17.4 Å². The summed E-state index contributed by atoms with van der Waals surface area (Å²) in [6.45, 7) is 3.83. The maximum atomic E-state index is 12.4. The van der Waals surface area contributed by atoms with Gasteiger partial charge in [-0.3, -0.25) is 4.79 Å². The molecule has 0 amide bonds. The third kappa shape index (κ3) is 3.55. The summed E-state index contributed by atoms with van der Waals surface area (Å²) in [4.78, 5) is 16.3. The highest BCUT2D eigenvalue weighted by Gasteiger charge is 2.14. The molecule has 0 aliphatic carbocycles. The number of carbonyl (C=O) groups is 1. The van der Waals surface area contributed by atoms with Crippen LogP contribution >= 0.6 is 23.2 Å². The van der Waals surface area contributed by atoms with Gasteiger partial charge in [0.25, 0.3) is 0 Å². The van der Waals surface area contributed by atoms with E-state index in [2.05, 4.69) is 4.98 Å². The summed E-state index contributed by atoms with van der Waals surface area (Å²) < 4.78 is 5.30. The number of aromatic nitrogens is 1. The van der Waals surface area contributed by atoms with Crippen molar-refractivity contribution in [1.82, 2.24) is 4.98 Å². The fourth-order valence-electron chi connectivity index (χ4n) is 2.28. The van der Waals surface area contributed by atoms with Crippen molar-refractivity contribution in [2.45, 2.75) is 20.3 Å². The number of hydrogen-bond acceptors (Lipinski definition) is 3. The zero-order valence-electron chi connectivity index (χ0n) is 12.0. The molecule has 0 atom stereocenters. The van der Waals surface area contributed by atoms with E-state index in [9.17, 15) is 4.79 Å². The fourth-order valence-corrected chi connectivity index (χ4v) is 2.69. The Kier molecular flexibility index (Phi) is 4.86. The molecule has 0 saturated carbocycles. The molecule has 0 spiro atoms. The largest absolute Gasteiger partial charge is 0.496 e. The molecular formula is C16H15Cl2NO2. The molecule has 1 heterocycles. The molecule has 5 heteroatoms. The van der Waals surface area contributed by atoms with Crippen molar-refractivity contribution in [2.24, 2.45) is 0 Å². The summed E-state index contributed by atoms with van der Waals surface area (Å²) in [6.07, 6.45) is 0.189. The van der Waals surface area contributed by atoms with Gasteiger partial charge in [-0.15, -0.1) is 0 Å². The lowest BCUT2D eigenvalue weighted by Crippen LogP contribution is -2.06. The number of carbonyl (C=O) groups excluding carboxylic acids is 1. The normalized spacial score (nSPS) is 10.5. The Morgan fingerprint density at radius 3 is 2.33 bits per heavy atom. The number of Topliss-reactive ketones (excluding diaryl/α,β-unsaturated/α-hetero) is 1. The van der Waals surface area contributed by atoms with Crippen molar-refractivity contribution < 1.29 is 9.53 Å². The highest BCUT2D eigenvalue weighted by molar-refractivity contribution is 6.33. The van der Waals surface area contributed by atoms with E-state index in [1.165, 1.54) is 0 Å². The van der Waals surface area contributed by atoms with Crippen LogP contribution in [0.15, 0.2) is 24.3 Å². The average Bonchev–Trinajstić information content (AvgIpc) is 2.41. The average molecular weight is 324 g/mol. The number of nitrogens with zero attached hydrogens (tertiary/aromatic N) is 1. The number of hydrogen-bond donors (Lipinski definition) is 0. The molecule has 0 saturated heterocycles. The van der Waals surface area contributed by atoms with Gasteiger partial charge in [0.2, 0.25) is 0 Å². The van der Waals surface area contributed by atoms with Crippen molar-refractivity contribution >= 4 is 29.0 Å². The van der Waals surface area contributed by atoms with Gasteiger partial charge in [-0.05, 0) is 48.7 Å². The zero-order chi connectivity index (χ0) is 15.6. The van der Waals surface area contributed by atoms with Gasteiger partial charge in [-0.2, -0.15) is 0 Å². The molecule has 0 N–H and O–H groups in total. The monoisotopic (exact) mass is 323 g/mol. The molecule has 21 heavy (non-hydrogen) atoms. The predicted molar refractivity (Wildman–Crippen MR) is 84.8 cm³/mol. The molecule has 1 aromatic heterocycles. The number of halogens is 2. The minimum Gasteiger partial charge on any atom is -0.496 e. The Labute approximate surface area is 133 Å². The van der Waals surface area contributed by atoms with E-state index in [4.69, 9.17) is 27.9 Å². The predicted octanol–water partition coefficient (Wildman–Crippen LogP) is 4.44. The van der Waals surface area contributed by atoms with E-state index < -0.39 is 0 Å². The van der Waals surface area contributed by atoms with Crippen molar-refractivity contribution in [2.75, 3.05) is 7.11 Å². The molecule has 110 valence electrons. The van der Waals surface area contributed by atoms with Gasteiger partial charge in [0.1, 0.15) is 16.1 Å². The third-order valence-electron chi connectivity index (χ3n) is 3.23. The van der Waals surface area contributed by atoms with Crippen molar-refractivity contribution in [3.05, 3.63) is 56.8 Å². The van der Waals surface area contributed by atoms with Crippen LogP contribution < -0.4 is 4.74 Å². The van der Waals surface area contributed by atoms with Crippen LogP contribution in [0.1, 0.15) is 27.0 Å². The Balaban J connectivity index is 2.28. The van der Waals surface area contributed by atoms with Gasteiger partial charge in [0.05, 0.1) is 7.11 Å². The molecule has 0 unspecified atom stereocenters. The van der Waals surface area contributed by atoms with Gasteiger partial charge in [-0.1, -0.05) is 29.3 Å².